The van der Waals surface area contributed by atoms with Gasteiger partial charge in [0.2, 0.25) is 0 Å². The number of ether oxygens (including phenoxy) is 1. The molecule has 0 aliphatic carbocycles. The third kappa shape index (κ3) is 4.76. The molecule has 6 heteroatoms. The lowest BCUT2D eigenvalue weighted by Gasteiger charge is -2.28. The number of rotatable bonds is 5. The Balaban J connectivity index is 1.63. The van der Waals surface area contributed by atoms with E-state index in [-0.39, 0.29) is 17.8 Å². The van der Waals surface area contributed by atoms with E-state index in [4.69, 9.17) is 4.74 Å². The predicted molar refractivity (Wildman–Crippen MR) is 93.2 cm³/mol. The fourth-order valence-corrected chi connectivity index (χ4v) is 2.94. The molecule has 1 aliphatic heterocycles. The molecule has 1 fully saturated rings. The van der Waals surface area contributed by atoms with Gasteiger partial charge in [0.05, 0.1) is 0 Å². The van der Waals surface area contributed by atoms with Gasteiger partial charge in [-0.1, -0.05) is 0 Å². The summed E-state index contributed by atoms with van der Waals surface area (Å²) in [7, 11) is 0. The lowest BCUT2D eigenvalue weighted by molar-refractivity contribution is 0.0916. The quantitative estimate of drug-likeness (QED) is 0.875. The number of carbonyl (C=O) groups is 1. The van der Waals surface area contributed by atoms with Gasteiger partial charge in [0, 0.05) is 18.3 Å². The lowest BCUT2D eigenvalue weighted by atomic mass is 9.93. The van der Waals surface area contributed by atoms with Crippen molar-refractivity contribution in [2.24, 2.45) is 5.92 Å². The van der Waals surface area contributed by atoms with E-state index in [2.05, 4.69) is 15.6 Å². The van der Waals surface area contributed by atoms with E-state index >= 15 is 0 Å². The molecule has 0 saturated carbocycles. The number of carbonyl (C=O) groups excluding carboxylic acids is 1. The number of halogens is 1. The van der Waals surface area contributed by atoms with Crippen molar-refractivity contribution in [2.75, 3.05) is 13.1 Å². The zero-order chi connectivity index (χ0) is 17.6. The second-order valence-electron chi connectivity index (χ2n) is 6.30. The third-order valence-corrected chi connectivity index (χ3v) is 4.41. The third-order valence-electron chi connectivity index (χ3n) is 4.41. The Morgan fingerprint density at radius 3 is 2.84 bits per heavy atom. The van der Waals surface area contributed by atoms with Gasteiger partial charge in [-0.2, -0.15) is 0 Å². The van der Waals surface area contributed by atoms with E-state index in [9.17, 15) is 9.18 Å². The summed E-state index contributed by atoms with van der Waals surface area (Å²) >= 11 is 0. The summed E-state index contributed by atoms with van der Waals surface area (Å²) in [6.45, 7) is 3.98. The van der Waals surface area contributed by atoms with E-state index in [1.54, 1.807) is 12.1 Å². The first-order valence-corrected chi connectivity index (χ1v) is 8.53. The second-order valence-corrected chi connectivity index (χ2v) is 6.30. The number of pyridine rings is 1. The van der Waals surface area contributed by atoms with E-state index < -0.39 is 0 Å². The van der Waals surface area contributed by atoms with E-state index in [0.29, 0.717) is 23.1 Å². The van der Waals surface area contributed by atoms with Gasteiger partial charge in [-0.15, -0.1) is 0 Å². The Kier molecular flexibility index (Phi) is 5.60. The molecule has 3 rings (SSSR count). The molecular formula is C19H22FN3O2. The topological polar surface area (TPSA) is 63.2 Å². The van der Waals surface area contributed by atoms with E-state index in [0.717, 1.165) is 25.9 Å². The van der Waals surface area contributed by atoms with Gasteiger partial charge in [-0.3, -0.25) is 9.78 Å². The van der Waals surface area contributed by atoms with Crippen molar-refractivity contribution in [3.63, 3.8) is 0 Å². The first-order valence-electron chi connectivity index (χ1n) is 8.53. The maximum Gasteiger partial charge on any atom is 0.270 e. The lowest BCUT2D eigenvalue weighted by Crippen LogP contribution is -2.44. The Morgan fingerprint density at radius 2 is 2.12 bits per heavy atom. The van der Waals surface area contributed by atoms with Gasteiger partial charge in [0.15, 0.2) is 0 Å². The van der Waals surface area contributed by atoms with Gasteiger partial charge < -0.3 is 15.4 Å². The maximum absolute atomic E-state index is 12.9. The van der Waals surface area contributed by atoms with Crippen molar-refractivity contribution in [1.82, 2.24) is 15.6 Å². The minimum atomic E-state index is -0.326. The van der Waals surface area contributed by atoms with E-state index in [1.165, 1.54) is 30.5 Å². The summed E-state index contributed by atoms with van der Waals surface area (Å²) in [5.74, 6) is 0.867. The molecule has 25 heavy (non-hydrogen) atoms. The molecule has 1 aromatic heterocycles. The number of piperidine rings is 1. The summed E-state index contributed by atoms with van der Waals surface area (Å²) in [6.07, 6.45) is 3.76. The summed E-state index contributed by atoms with van der Waals surface area (Å²) in [5, 5.41) is 6.37. The summed E-state index contributed by atoms with van der Waals surface area (Å²) in [5.41, 5.74) is 0.301. The zero-order valence-electron chi connectivity index (χ0n) is 14.2. The molecule has 2 atom stereocenters. The van der Waals surface area contributed by atoms with Crippen molar-refractivity contribution >= 4 is 5.91 Å². The van der Waals surface area contributed by atoms with Gasteiger partial charge in [-0.05, 0) is 69.1 Å². The fourth-order valence-electron chi connectivity index (χ4n) is 2.94. The largest absolute Gasteiger partial charge is 0.457 e. The highest BCUT2D eigenvalue weighted by molar-refractivity contribution is 5.92. The highest BCUT2D eigenvalue weighted by Gasteiger charge is 2.22. The molecule has 2 unspecified atom stereocenters. The molecule has 0 spiro atoms. The Hall–Kier alpha value is -2.47. The number of aromatic nitrogens is 1. The van der Waals surface area contributed by atoms with Crippen LogP contribution in [0.25, 0.3) is 0 Å². The van der Waals surface area contributed by atoms with Crippen molar-refractivity contribution in [2.45, 2.75) is 25.8 Å². The highest BCUT2D eigenvalue weighted by atomic mass is 19.1. The van der Waals surface area contributed by atoms with Crippen molar-refractivity contribution < 1.29 is 13.9 Å². The summed E-state index contributed by atoms with van der Waals surface area (Å²) < 4.78 is 18.6. The monoisotopic (exact) mass is 343 g/mol. The van der Waals surface area contributed by atoms with Crippen LogP contribution in [0.5, 0.6) is 11.5 Å². The average Bonchev–Trinajstić information content (AvgIpc) is 2.64. The minimum absolute atomic E-state index is 0.0729. The molecule has 1 amide bonds. The van der Waals surface area contributed by atoms with Crippen LogP contribution in [0.2, 0.25) is 0 Å². The zero-order valence-corrected chi connectivity index (χ0v) is 14.2. The van der Waals surface area contributed by atoms with Crippen LogP contribution in [0.1, 0.15) is 30.3 Å². The molecule has 1 saturated heterocycles. The Labute approximate surface area is 146 Å². The highest BCUT2D eigenvalue weighted by Crippen LogP contribution is 2.22. The first-order chi connectivity index (χ1) is 12.1. The van der Waals surface area contributed by atoms with Crippen molar-refractivity contribution in [3.05, 3.63) is 54.1 Å². The predicted octanol–water partition coefficient (Wildman–Crippen LogP) is 3.13. The first kappa shape index (κ1) is 17.4. The summed E-state index contributed by atoms with van der Waals surface area (Å²) in [6, 6.07) is 9.04. The van der Waals surface area contributed by atoms with Crippen molar-refractivity contribution in [1.29, 1.82) is 0 Å². The maximum atomic E-state index is 12.9. The average molecular weight is 343 g/mol. The van der Waals surface area contributed by atoms with E-state index in [1.807, 2.05) is 6.92 Å². The van der Waals surface area contributed by atoms with Crippen LogP contribution < -0.4 is 15.4 Å². The van der Waals surface area contributed by atoms with Gasteiger partial charge in [-0.25, -0.2) is 4.39 Å². The fraction of sp³-hybridized carbons (Fsp3) is 0.368. The molecule has 132 valence electrons. The molecule has 0 radical (unpaired) electrons. The number of nitrogens with one attached hydrogen (secondary N) is 2. The number of benzene rings is 1. The standard InChI is InChI=1S/C19H22FN3O2/c1-13(14-3-2-9-21-12-14)23-19(24)18-11-17(8-10-22-18)25-16-6-4-15(20)5-7-16/h4-8,10-11,13-14,21H,2-3,9,12H2,1H3,(H,23,24). The molecule has 1 aliphatic rings. The number of nitrogens with zero attached hydrogens (tertiary/aromatic N) is 1. The number of hydrogen-bond acceptors (Lipinski definition) is 4. The second kappa shape index (κ2) is 8.07. The SMILES string of the molecule is CC(NC(=O)c1cc(Oc2ccc(F)cc2)ccn1)C1CCCNC1. The Morgan fingerprint density at radius 1 is 1.32 bits per heavy atom. The van der Waals surface area contributed by atoms with Gasteiger partial charge >= 0.3 is 0 Å². The number of amides is 1. The van der Waals surface area contributed by atoms with Crippen LogP contribution in [0.15, 0.2) is 42.6 Å². The van der Waals surface area contributed by atoms with Crippen LogP contribution in [0, 0.1) is 11.7 Å². The molecule has 2 aromatic rings. The van der Waals surface area contributed by atoms with Gasteiger partial charge in [0.1, 0.15) is 23.0 Å². The van der Waals surface area contributed by atoms with Crippen LogP contribution in [0.4, 0.5) is 4.39 Å². The molecule has 5 nitrogen and oxygen atoms in total. The molecule has 1 aromatic carbocycles. The molecule has 0 bridgehead atoms. The van der Waals surface area contributed by atoms with Crippen LogP contribution in [-0.4, -0.2) is 30.0 Å². The van der Waals surface area contributed by atoms with Crippen LogP contribution in [-0.2, 0) is 0 Å². The Bertz CT molecular complexity index is 715. The summed E-state index contributed by atoms with van der Waals surface area (Å²) in [4.78, 5) is 16.6. The van der Waals surface area contributed by atoms with Crippen molar-refractivity contribution in [3.8, 4) is 11.5 Å². The van der Waals surface area contributed by atoms with Crippen LogP contribution >= 0.6 is 0 Å². The number of hydrogen-bond donors (Lipinski definition) is 2. The van der Waals surface area contributed by atoms with Gasteiger partial charge in [0.25, 0.3) is 5.91 Å². The molecular weight excluding hydrogens is 321 g/mol. The molecule has 2 N–H and O–H groups in total. The normalized spacial score (nSPS) is 18.4. The molecule has 2 heterocycles. The van der Waals surface area contributed by atoms with Crippen LogP contribution in [0.3, 0.4) is 0 Å². The smallest absolute Gasteiger partial charge is 0.270 e. The minimum Gasteiger partial charge on any atom is -0.457 e.